The Labute approximate surface area is 191 Å². The van der Waals surface area contributed by atoms with Crippen LogP contribution in [0, 0.1) is 0 Å². The van der Waals surface area contributed by atoms with Gasteiger partial charge in [0.2, 0.25) is 0 Å². The first-order valence-electron chi connectivity index (χ1n) is 10.7. The normalized spacial score (nSPS) is 11.7. The van der Waals surface area contributed by atoms with Crippen LogP contribution in [-0.4, -0.2) is 24.1 Å². The summed E-state index contributed by atoms with van der Waals surface area (Å²) in [6, 6.07) is 18.7. The number of nitrogens with zero attached hydrogens (tertiary/aromatic N) is 2. The maximum Gasteiger partial charge on any atom is 0.287 e. The van der Waals surface area contributed by atoms with Crippen molar-refractivity contribution in [1.82, 2.24) is 20.0 Å². The highest BCUT2D eigenvalue weighted by atomic mass is 32.2. The molecule has 0 aliphatic carbocycles. The molecule has 0 unspecified atom stereocenters. The van der Waals surface area contributed by atoms with Gasteiger partial charge in [-0.3, -0.25) is 15.0 Å². The molecule has 0 radical (unpaired) electrons. The second-order valence-corrected chi connectivity index (χ2v) is 9.38. The number of carbonyl (C=O) groups is 1. The average Bonchev–Trinajstić information content (AvgIpc) is 2.84. The SMILES string of the molecule is CCCCCn1nc(C(=O)NNS(=O)(=O)c2ccc3ccccc3c2)c2ccccc2c1=O. The molecule has 0 atom stereocenters. The summed E-state index contributed by atoms with van der Waals surface area (Å²) in [6.45, 7) is 2.43. The Morgan fingerprint density at radius 2 is 1.64 bits per heavy atom. The number of unbranched alkanes of at least 4 members (excludes halogenated alkanes) is 2. The van der Waals surface area contributed by atoms with Gasteiger partial charge in [-0.05, 0) is 35.4 Å². The van der Waals surface area contributed by atoms with Gasteiger partial charge in [0.15, 0.2) is 5.69 Å². The number of benzene rings is 3. The van der Waals surface area contributed by atoms with Gasteiger partial charge in [-0.25, -0.2) is 13.1 Å². The van der Waals surface area contributed by atoms with Gasteiger partial charge < -0.3 is 0 Å². The van der Waals surface area contributed by atoms with Gasteiger partial charge in [0.25, 0.3) is 21.5 Å². The number of rotatable bonds is 8. The van der Waals surface area contributed by atoms with Crippen LogP contribution in [0.4, 0.5) is 0 Å². The van der Waals surface area contributed by atoms with Crippen LogP contribution in [0.1, 0.15) is 36.7 Å². The molecule has 2 N–H and O–H groups in total. The van der Waals surface area contributed by atoms with Crippen LogP contribution < -0.4 is 15.8 Å². The topological polar surface area (TPSA) is 110 Å². The van der Waals surface area contributed by atoms with E-state index in [1.54, 1.807) is 30.3 Å². The summed E-state index contributed by atoms with van der Waals surface area (Å²) in [5, 5.41) is 6.62. The Bertz CT molecular complexity index is 1500. The van der Waals surface area contributed by atoms with Gasteiger partial charge in [0.05, 0.1) is 10.3 Å². The van der Waals surface area contributed by atoms with Crippen LogP contribution >= 0.6 is 0 Å². The van der Waals surface area contributed by atoms with Gasteiger partial charge in [0, 0.05) is 11.9 Å². The molecule has 0 aliphatic rings. The third kappa shape index (κ3) is 4.79. The quantitative estimate of drug-likeness (QED) is 0.307. The van der Waals surface area contributed by atoms with Gasteiger partial charge in [-0.2, -0.15) is 5.10 Å². The number of hydrogen-bond acceptors (Lipinski definition) is 5. The first kappa shape index (κ1) is 22.6. The molecule has 33 heavy (non-hydrogen) atoms. The van der Waals surface area contributed by atoms with Crippen molar-refractivity contribution in [3.63, 3.8) is 0 Å². The Morgan fingerprint density at radius 3 is 2.39 bits per heavy atom. The number of hydrogen-bond donors (Lipinski definition) is 2. The van der Waals surface area contributed by atoms with Gasteiger partial charge in [-0.1, -0.05) is 68.3 Å². The molecule has 0 saturated carbocycles. The minimum absolute atomic E-state index is 0.0175. The first-order valence-corrected chi connectivity index (χ1v) is 12.2. The number of amides is 1. The van der Waals surface area contributed by atoms with E-state index in [1.807, 2.05) is 24.3 Å². The fourth-order valence-electron chi connectivity index (χ4n) is 3.63. The standard InChI is InChI=1S/C24H24N4O4S/c1-2-3-8-15-28-24(30)21-12-7-6-11-20(21)22(26-28)23(29)25-27-33(31,32)19-14-13-17-9-4-5-10-18(17)16-19/h4-7,9-14,16,27H,2-3,8,15H2,1H3,(H,25,29). The van der Waals surface area contributed by atoms with Crippen LogP contribution in [-0.2, 0) is 16.6 Å². The molecule has 9 heteroatoms. The summed E-state index contributed by atoms with van der Waals surface area (Å²) in [6.07, 6.45) is 2.65. The zero-order valence-electron chi connectivity index (χ0n) is 18.1. The molecule has 1 amide bonds. The molecular weight excluding hydrogens is 440 g/mol. The number of carbonyl (C=O) groups excluding carboxylic acids is 1. The fourth-order valence-corrected chi connectivity index (χ4v) is 4.51. The van der Waals surface area contributed by atoms with E-state index in [2.05, 4.69) is 22.3 Å². The molecule has 4 rings (SSSR count). The van der Waals surface area contributed by atoms with Crippen molar-refractivity contribution in [1.29, 1.82) is 0 Å². The molecule has 1 aromatic heterocycles. The number of nitrogens with one attached hydrogen (secondary N) is 2. The molecule has 3 aromatic carbocycles. The van der Waals surface area contributed by atoms with E-state index in [0.717, 1.165) is 30.0 Å². The average molecular weight is 465 g/mol. The second-order valence-electron chi connectivity index (χ2n) is 7.70. The van der Waals surface area contributed by atoms with E-state index >= 15 is 0 Å². The minimum atomic E-state index is -4.02. The van der Waals surface area contributed by atoms with E-state index < -0.39 is 15.9 Å². The molecular formula is C24H24N4O4S. The summed E-state index contributed by atoms with van der Waals surface area (Å²) in [5.74, 6) is -0.750. The van der Waals surface area contributed by atoms with Crippen molar-refractivity contribution >= 4 is 37.5 Å². The largest absolute Gasteiger partial charge is 0.287 e. The minimum Gasteiger partial charge on any atom is -0.272 e. The number of sulfonamides is 1. The lowest BCUT2D eigenvalue weighted by atomic mass is 10.1. The van der Waals surface area contributed by atoms with Crippen LogP contribution in [0.2, 0.25) is 0 Å². The highest BCUT2D eigenvalue weighted by Crippen LogP contribution is 2.19. The smallest absolute Gasteiger partial charge is 0.272 e. The third-order valence-electron chi connectivity index (χ3n) is 5.39. The molecule has 0 bridgehead atoms. The lowest BCUT2D eigenvalue weighted by molar-refractivity contribution is 0.0939. The molecule has 8 nitrogen and oxygen atoms in total. The van der Waals surface area contributed by atoms with E-state index in [4.69, 9.17) is 0 Å². The van der Waals surface area contributed by atoms with Gasteiger partial charge >= 0.3 is 0 Å². The second kappa shape index (κ2) is 9.51. The highest BCUT2D eigenvalue weighted by Gasteiger charge is 2.20. The van der Waals surface area contributed by atoms with Crippen molar-refractivity contribution in [2.75, 3.05) is 0 Å². The van der Waals surface area contributed by atoms with E-state index in [9.17, 15) is 18.0 Å². The summed E-state index contributed by atoms with van der Waals surface area (Å²) in [4.78, 5) is 27.8. The lowest BCUT2D eigenvalue weighted by Gasteiger charge is -2.12. The summed E-state index contributed by atoms with van der Waals surface area (Å²) < 4.78 is 26.8. The Hall–Kier alpha value is -3.56. The molecule has 1 heterocycles. The van der Waals surface area contributed by atoms with E-state index in [-0.39, 0.29) is 16.1 Å². The predicted molar refractivity (Wildman–Crippen MR) is 127 cm³/mol. The lowest BCUT2D eigenvalue weighted by Crippen LogP contribution is -2.42. The Morgan fingerprint density at radius 1 is 0.939 bits per heavy atom. The molecule has 4 aromatic rings. The number of fused-ring (bicyclic) bond motifs is 2. The third-order valence-corrected chi connectivity index (χ3v) is 6.63. The highest BCUT2D eigenvalue weighted by molar-refractivity contribution is 7.89. The molecule has 0 fully saturated rings. The van der Waals surface area contributed by atoms with Crippen LogP contribution in [0.25, 0.3) is 21.5 Å². The number of aryl methyl sites for hydroxylation is 1. The molecule has 0 saturated heterocycles. The van der Waals surface area contributed by atoms with E-state index in [1.165, 1.54) is 16.8 Å². The van der Waals surface area contributed by atoms with Crippen molar-refractivity contribution in [2.45, 2.75) is 37.6 Å². The fraction of sp³-hybridized carbons (Fsp3) is 0.208. The van der Waals surface area contributed by atoms with Crippen LogP contribution in [0.3, 0.4) is 0 Å². The summed E-state index contributed by atoms with van der Waals surface area (Å²) >= 11 is 0. The number of hydrazine groups is 1. The zero-order valence-corrected chi connectivity index (χ0v) is 18.9. The van der Waals surface area contributed by atoms with Crippen LogP contribution in [0.15, 0.2) is 76.4 Å². The van der Waals surface area contributed by atoms with Gasteiger partial charge in [0.1, 0.15) is 0 Å². The monoisotopic (exact) mass is 464 g/mol. The number of aromatic nitrogens is 2. The van der Waals surface area contributed by atoms with Crippen LogP contribution in [0.5, 0.6) is 0 Å². The van der Waals surface area contributed by atoms with Gasteiger partial charge in [-0.15, -0.1) is 4.83 Å². The van der Waals surface area contributed by atoms with Crippen molar-refractivity contribution in [3.8, 4) is 0 Å². The first-order chi connectivity index (χ1) is 15.9. The molecule has 0 aliphatic heterocycles. The van der Waals surface area contributed by atoms with Crippen molar-refractivity contribution in [3.05, 3.63) is 82.8 Å². The molecule has 170 valence electrons. The van der Waals surface area contributed by atoms with E-state index in [0.29, 0.717) is 17.3 Å². The summed E-state index contributed by atoms with van der Waals surface area (Å²) in [5.41, 5.74) is 1.93. The Kier molecular flexibility index (Phi) is 6.52. The maximum atomic E-state index is 12.9. The molecule has 0 spiro atoms. The van der Waals surface area contributed by atoms with Crippen molar-refractivity contribution < 1.29 is 13.2 Å². The predicted octanol–water partition coefficient (Wildman–Crippen LogP) is 3.36. The Balaban J connectivity index is 1.61. The summed E-state index contributed by atoms with van der Waals surface area (Å²) in [7, 11) is -4.02. The zero-order chi connectivity index (χ0) is 23.4. The maximum absolute atomic E-state index is 12.9. The van der Waals surface area contributed by atoms with Crippen molar-refractivity contribution in [2.24, 2.45) is 0 Å².